The van der Waals surface area contributed by atoms with Crippen molar-refractivity contribution in [2.45, 2.75) is 12.7 Å². The molecule has 20 heavy (non-hydrogen) atoms. The predicted molar refractivity (Wildman–Crippen MR) is 79.2 cm³/mol. The van der Waals surface area contributed by atoms with Gasteiger partial charge >= 0.3 is 0 Å². The fourth-order valence-electron chi connectivity index (χ4n) is 2.12. The smallest absolute Gasteiger partial charge is 0.125 e. The van der Waals surface area contributed by atoms with Crippen molar-refractivity contribution >= 4 is 11.6 Å². The second-order valence-electron chi connectivity index (χ2n) is 4.47. The van der Waals surface area contributed by atoms with E-state index in [0.717, 1.165) is 11.1 Å². The summed E-state index contributed by atoms with van der Waals surface area (Å²) in [5, 5.41) is 11.1. The molecule has 0 radical (unpaired) electrons. The van der Waals surface area contributed by atoms with Gasteiger partial charge < -0.3 is 14.6 Å². The van der Waals surface area contributed by atoms with E-state index in [1.165, 1.54) is 0 Å². The largest absolute Gasteiger partial charge is 0.496 e. The second kappa shape index (κ2) is 6.75. The molecule has 0 aliphatic carbocycles. The van der Waals surface area contributed by atoms with E-state index in [1.807, 2.05) is 24.3 Å². The summed E-state index contributed by atoms with van der Waals surface area (Å²) in [5.74, 6) is 0.610. The number of aliphatic hydroxyl groups is 1. The van der Waals surface area contributed by atoms with Crippen LogP contribution in [-0.4, -0.2) is 19.3 Å². The number of benzene rings is 2. The molecule has 0 fully saturated rings. The van der Waals surface area contributed by atoms with Crippen LogP contribution >= 0.6 is 11.6 Å². The maximum Gasteiger partial charge on any atom is 0.125 e. The molecule has 0 aliphatic heterocycles. The van der Waals surface area contributed by atoms with Crippen molar-refractivity contribution in [3.63, 3.8) is 0 Å². The Balaban J connectivity index is 2.37. The molecular weight excluding hydrogens is 276 g/mol. The van der Waals surface area contributed by atoms with Crippen molar-refractivity contribution in [3.05, 3.63) is 64.2 Å². The summed E-state index contributed by atoms with van der Waals surface area (Å²) in [5.41, 5.74) is 2.43. The van der Waals surface area contributed by atoms with Crippen LogP contribution in [0.2, 0.25) is 5.02 Å². The Labute approximate surface area is 123 Å². The Hall–Kier alpha value is -1.55. The monoisotopic (exact) mass is 292 g/mol. The van der Waals surface area contributed by atoms with Crippen molar-refractivity contribution in [1.82, 2.24) is 0 Å². The average Bonchev–Trinajstić information content (AvgIpc) is 2.47. The normalized spacial score (nSPS) is 12.2. The summed E-state index contributed by atoms with van der Waals surface area (Å²) in [7, 11) is 3.21. The van der Waals surface area contributed by atoms with Gasteiger partial charge in [0, 0.05) is 17.7 Å². The first-order valence-corrected chi connectivity index (χ1v) is 6.62. The summed E-state index contributed by atoms with van der Waals surface area (Å²) in [6, 6.07) is 12.8. The third-order valence-corrected chi connectivity index (χ3v) is 3.30. The van der Waals surface area contributed by atoms with Crippen molar-refractivity contribution in [2.24, 2.45) is 0 Å². The molecule has 0 heterocycles. The Morgan fingerprint density at radius 2 is 1.95 bits per heavy atom. The van der Waals surface area contributed by atoms with E-state index in [9.17, 15) is 5.11 Å². The van der Waals surface area contributed by atoms with Gasteiger partial charge in [-0.2, -0.15) is 0 Å². The zero-order chi connectivity index (χ0) is 14.5. The number of hydrogen-bond acceptors (Lipinski definition) is 3. The minimum absolute atomic E-state index is 0.507. The first-order valence-electron chi connectivity index (χ1n) is 6.25. The molecule has 2 aromatic carbocycles. The van der Waals surface area contributed by atoms with Crippen molar-refractivity contribution in [3.8, 4) is 5.75 Å². The molecule has 3 nitrogen and oxygen atoms in total. The molecular formula is C16H17ClO3. The van der Waals surface area contributed by atoms with Gasteiger partial charge in [-0.05, 0) is 29.3 Å². The van der Waals surface area contributed by atoms with E-state index >= 15 is 0 Å². The van der Waals surface area contributed by atoms with E-state index in [0.29, 0.717) is 22.9 Å². The third-order valence-electron chi connectivity index (χ3n) is 3.06. The molecule has 0 bridgehead atoms. The van der Waals surface area contributed by atoms with Gasteiger partial charge in [0.2, 0.25) is 0 Å². The lowest BCUT2D eigenvalue weighted by Crippen LogP contribution is -2.03. The molecule has 2 aromatic rings. The van der Waals surface area contributed by atoms with E-state index in [2.05, 4.69) is 0 Å². The van der Waals surface area contributed by atoms with Crippen LogP contribution in [0.25, 0.3) is 0 Å². The Kier molecular flexibility index (Phi) is 5.01. The van der Waals surface area contributed by atoms with Gasteiger partial charge in [0.05, 0.1) is 13.7 Å². The van der Waals surface area contributed by atoms with Crippen LogP contribution in [0, 0.1) is 0 Å². The average molecular weight is 293 g/mol. The third kappa shape index (κ3) is 3.31. The van der Waals surface area contributed by atoms with Gasteiger partial charge in [-0.1, -0.05) is 35.9 Å². The van der Waals surface area contributed by atoms with Gasteiger partial charge in [0.15, 0.2) is 0 Å². The van der Waals surface area contributed by atoms with Crippen molar-refractivity contribution < 1.29 is 14.6 Å². The minimum Gasteiger partial charge on any atom is -0.496 e. The van der Waals surface area contributed by atoms with Gasteiger partial charge in [-0.15, -0.1) is 0 Å². The number of halogens is 1. The van der Waals surface area contributed by atoms with Gasteiger partial charge in [0.1, 0.15) is 11.9 Å². The van der Waals surface area contributed by atoms with Gasteiger partial charge in [-0.3, -0.25) is 0 Å². The highest BCUT2D eigenvalue weighted by molar-refractivity contribution is 6.30. The Bertz CT molecular complexity index is 584. The fraction of sp³-hybridized carbons (Fsp3) is 0.250. The van der Waals surface area contributed by atoms with Crippen LogP contribution < -0.4 is 4.74 Å². The molecule has 4 heteroatoms. The van der Waals surface area contributed by atoms with Gasteiger partial charge in [-0.25, -0.2) is 0 Å². The summed E-state index contributed by atoms with van der Waals surface area (Å²) in [4.78, 5) is 0. The number of aliphatic hydroxyl groups excluding tert-OH is 1. The zero-order valence-electron chi connectivity index (χ0n) is 11.5. The number of hydrogen-bond donors (Lipinski definition) is 1. The second-order valence-corrected chi connectivity index (χ2v) is 4.90. The van der Waals surface area contributed by atoms with Crippen LogP contribution in [0.15, 0.2) is 42.5 Å². The summed E-state index contributed by atoms with van der Waals surface area (Å²) >= 11 is 6.00. The van der Waals surface area contributed by atoms with Crippen LogP contribution in [0.3, 0.4) is 0 Å². The lowest BCUT2D eigenvalue weighted by atomic mass is 9.99. The summed E-state index contributed by atoms with van der Waals surface area (Å²) < 4.78 is 10.4. The van der Waals surface area contributed by atoms with Crippen LogP contribution in [0.5, 0.6) is 5.75 Å². The molecule has 0 spiro atoms. The van der Waals surface area contributed by atoms with E-state index in [1.54, 1.807) is 32.4 Å². The molecule has 1 N–H and O–H groups in total. The molecule has 1 unspecified atom stereocenters. The highest BCUT2D eigenvalue weighted by Crippen LogP contribution is 2.32. The first-order chi connectivity index (χ1) is 9.65. The number of methoxy groups -OCH3 is 2. The molecule has 0 aromatic heterocycles. The molecule has 2 rings (SSSR count). The van der Waals surface area contributed by atoms with E-state index in [4.69, 9.17) is 21.1 Å². The standard InChI is InChI=1S/C16H17ClO3/c1-19-10-11-4-3-5-12(8-11)16(18)14-9-13(17)6-7-15(14)20-2/h3-9,16,18H,10H2,1-2H3. The van der Waals surface area contributed by atoms with Crippen LogP contribution in [0.4, 0.5) is 0 Å². The molecule has 0 saturated heterocycles. The van der Waals surface area contributed by atoms with Gasteiger partial charge in [0.25, 0.3) is 0 Å². The lowest BCUT2D eigenvalue weighted by Gasteiger charge is -2.16. The molecule has 0 saturated carbocycles. The summed E-state index contributed by atoms with van der Waals surface area (Å²) in [6.07, 6.45) is -0.791. The predicted octanol–water partition coefficient (Wildman–Crippen LogP) is 3.58. The SMILES string of the molecule is COCc1cccc(C(O)c2cc(Cl)ccc2OC)c1. The Morgan fingerprint density at radius 3 is 2.65 bits per heavy atom. The first kappa shape index (κ1) is 14.9. The van der Waals surface area contributed by atoms with Crippen molar-refractivity contribution in [2.75, 3.05) is 14.2 Å². The number of ether oxygens (including phenoxy) is 2. The molecule has 0 amide bonds. The van der Waals surface area contributed by atoms with Crippen LogP contribution in [0.1, 0.15) is 22.8 Å². The minimum atomic E-state index is -0.791. The van der Waals surface area contributed by atoms with E-state index < -0.39 is 6.10 Å². The highest BCUT2D eigenvalue weighted by atomic mass is 35.5. The lowest BCUT2D eigenvalue weighted by molar-refractivity contribution is 0.184. The topological polar surface area (TPSA) is 38.7 Å². The fourth-order valence-corrected chi connectivity index (χ4v) is 2.30. The summed E-state index contributed by atoms with van der Waals surface area (Å²) in [6.45, 7) is 0.507. The Morgan fingerprint density at radius 1 is 1.15 bits per heavy atom. The quantitative estimate of drug-likeness (QED) is 0.915. The molecule has 106 valence electrons. The maximum atomic E-state index is 10.5. The maximum absolute atomic E-state index is 10.5. The zero-order valence-corrected chi connectivity index (χ0v) is 12.2. The van der Waals surface area contributed by atoms with Crippen molar-refractivity contribution in [1.29, 1.82) is 0 Å². The number of rotatable bonds is 5. The molecule has 1 atom stereocenters. The highest BCUT2D eigenvalue weighted by Gasteiger charge is 2.16. The molecule has 0 aliphatic rings. The van der Waals surface area contributed by atoms with Crippen LogP contribution in [-0.2, 0) is 11.3 Å². The van der Waals surface area contributed by atoms with E-state index in [-0.39, 0.29) is 0 Å².